The molecule has 0 saturated heterocycles. The number of nitrogens with zero attached hydrogens (tertiary/aromatic N) is 4. The Bertz CT molecular complexity index is 844. The molecule has 0 unspecified atom stereocenters. The first-order valence-electron chi connectivity index (χ1n) is 8.70. The van der Waals surface area contributed by atoms with Gasteiger partial charge in [0.05, 0.1) is 23.8 Å². The van der Waals surface area contributed by atoms with Crippen LogP contribution in [0.5, 0.6) is 0 Å². The first-order chi connectivity index (χ1) is 12.8. The van der Waals surface area contributed by atoms with Crippen molar-refractivity contribution in [2.24, 2.45) is 4.99 Å². The molecule has 2 heterocycles. The molecule has 0 bridgehead atoms. The van der Waals surface area contributed by atoms with Crippen LogP contribution in [0.3, 0.4) is 0 Å². The van der Waals surface area contributed by atoms with Crippen molar-refractivity contribution in [2.75, 3.05) is 7.05 Å². The van der Waals surface area contributed by atoms with Gasteiger partial charge in [0.25, 0.3) is 0 Å². The highest BCUT2D eigenvalue weighted by atomic mass is 127. The van der Waals surface area contributed by atoms with Crippen molar-refractivity contribution < 1.29 is 0 Å². The number of benzene rings is 1. The van der Waals surface area contributed by atoms with E-state index in [2.05, 4.69) is 62.3 Å². The highest BCUT2D eigenvalue weighted by molar-refractivity contribution is 14.0. The third-order valence-electron chi connectivity index (χ3n) is 4.02. The lowest BCUT2D eigenvalue weighted by molar-refractivity contribution is 0.677. The molecule has 1 aromatic carbocycles. The Morgan fingerprint density at radius 1 is 1.15 bits per heavy atom. The minimum Gasteiger partial charge on any atom is -0.352 e. The quantitative estimate of drug-likeness (QED) is 0.299. The van der Waals surface area contributed by atoms with Crippen LogP contribution < -0.4 is 10.6 Å². The average Bonchev–Trinajstić information content (AvgIpc) is 3.34. The van der Waals surface area contributed by atoms with Crippen LogP contribution in [0.4, 0.5) is 0 Å². The zero-order chi connectivity index (χ0) is 18.2. The van der Waals surface area contributed by atoms with E-state index in [0.29, 0.717) is 13.1 Å². The Kier molecular flexibility index (Phi) is 8.73. The molecule has 2 N–H and O–H groups in total. The second kappa shape index (κ2) is 11.0. The van der Waals surface area contributed by atoms with Gasteiger partial charge in [-0.1, -0.05) is 31.2 Å². The van der Waals surface area contributed by atoms with Crippen LogP contribution in [0.1, 0.15) is 28.8 Å². The molecule has 3 aromatic rings. The molecule has 3 rings (SSSR count). The van der Waals surface area contributed by atoms with Crippen LogP contribution in [0.2, 0.25) is 0 Å². The van der Waals surface area contributed by atoms with Crippen molar-refractivity contribution >= 4 is 41.3 Å². The number of hydrogen-bond acceptors (Lipinski definition) is 4. The van der Waals surface area contributed by atoms with Gasteiger partial charge in [0.1, 0.15) is 0 Å². The molecule has 0 aliphatic heterocycles. The molecule has 0 fully saturated rings. The van der Waals surface area contributed by atoms with E-state index >= 15 is 0 Å². The Morgan fingerprint density at radius 3 is 2.59 bits per heavy atom. The van der Waals surface area contributed by atoms with E-state index in [-0.39, 0.29) is 24.0 Å². The van der Waals surface area contributed by atoms with E-state index in [0.717, 1.165) is 29.6 Å². The molecule has 0 atom stereocenters. The molecule has 27 heavy (non-hydrogen) atoms. The maximum atomic E-state index is 4.57. The Hall–Kier alpha value is -1.94. The van der Waals surface area contributed by atoms with E-state index in [1.54, 1.807) is 24.6 Å². The van der Waals surface area contributed by atoms with Crippen LogP contribution in [-0.4, -0.2) is 27.8 Å². The number of aromatic nitrogens is 3. The van der Waals surface area contributed by atoms with Crippen LogP contribution in [0.15, 0.2) is 53.1 Å². The summed E-state index contributed by atoms with van der Waals surface area (Å²) in [5, 5.41) is 14.3. The summed E-state index contributed by atoms with van der Waals surface area (Å²) >= 11 is 1.70. The van der Waals surface area contributed by atoms with Gasteiger partial charge in [-0.15, -0.1) is 35.3 Å². The molecule has 6 nitrogen and oxygen atoms in total. The molecule has 0 radical (unpaired) electrons. The molecule has 0 amide bonds. The van der Waals surface area contributed by atoms with Crippen LogP contribution in [0, 0.1) is 0 Å². The molecular formula is C19H25IN6S. The van der Waals surface area contributed by atoms with Crippen molar-refractivity contribution in [3.8, 4) is 0 Å². The summed E-state index contributed by atoms with van der Waals surface area (Å²) in [4.78, 5) is 8.88. The molecule has 0 spiro atoms. The van der Waals surface area contributed by atoms with Crippen molar-refractivity contribution in [3.05, 3.63) is 69.9 Å². The average molecular weight is 496 g/mol. The predicted molar refractivity (Wildman–Crippen MR) is 122 cm³/mol. The zero-order valence-corrected chi connectivity index (χ0v) is 18.7. The van der Waals surface area contributed by atoms with Crippen molar-refractivity contribution in [2.45, 2.75) is 33.0 Å². The van der Waals surface area contributed by atoms with Crippen LogP contribution in [0.25, 0.3) is 0 Å². The molecule has 2 aromatic heterocycles. The molecule has 0 saturated carbocycles. The van der Waals surface area contributed by atoms with Gasteiger partial charge in [0.2, 0.25) is 0 Å². The lowest BCUT2D eigenvalue weighted by atomic mass is 10.1. The summed E-state index contributed by atoms with van der Waals surface area (Å²) in [6, 6.07) is 10.3. The number of thiazole rings is 1. The third kappa shape index (κ3) is 6.31. The molecule has 0 aliphatic rings. The molecule has 8 heteroatoms. The lowest BCUT2D eigenvalue weighted by Crippen LogP contribution is -2.36. The number of aliphatic imine (C=N–C) groups is 1. The SMILES string of the molecule is CCc1nc(CNC(=NC)NCc2ccccc2Cn2cccn2)cs1.I. The minimum absolute atomic E-state index is 0. The maximum Gasteiger partial charge on any atom is 0.191 e. The summed E-state index contributed by atoms with van der Waals surface area (Å²) in [6.45, 7) is 4.26. The highest BCUT2D eigenvalue weighted by Crippen LogP contribution is 2.11. The van der Waals surface area contributed by atoms with Gasteiger partial charge in [-0.3, -0.25) is 9.67 Å². The second-order valence-electron chi connectivity index (χ2n) is 5.84. The fourth-order valence-electron chi connectivity index (χ4n) is 2.62. The van der Waals surface area contributed by atoms with Crippen LogP contribution >= 0.6 is 35.3 Å². The number of rotatable bonds is 7. The van der Waals surface area contributed by atoms with Crippen molar-refractivity contribution in [1.82, 2.24) is 25.4 Å². The predicted octanol–water partition coefficient (Wildman–Crippen LogP) is 3.43. The first kappa shape index (κ1) is 21.4. The van der Waals surface area contributed by atoms with E-state index in [4.69, 9.17) is 0 Å². The van der Waals surface area contributed by atoms with Gasteiger partial charge >= 0.3 is 0 Å². The van der Waals surface area contributed by atoms with E-state index < -0.39 is 0 Å². The van der Waals surface area contributed by atoms with E-state index in [1.807, 2.05) is 16.9 Å². The number of guanidine groups is 1. The van der Waals surface area contributed by atoms with Gasteiger partial charge in [0.15, 0.2) is 5.96 Å². The molecule has 0 aliphatic carbocycles. The second-order valence-corrected chi connectivity index (χ2v) is 6.78. The minimum atomic E-state index is 0. The summed E-state index contributed by atoms with van der Waals surface area (Å²) < 4.78 is 1.93. The topological polar surface area (TPSA) is 67.1 Å². The summed E-state index contributed by atoms with van der Waals surface area (Å²) in [7, 11) is 1.78. The normalized spacial score (nSPS) is 11.1. The van der Waals surface area contributed by atoms with Gasteiger partial charge in [-0.2, -0.15) is 5.10 Å². The number of nitrogens with one attached hydrogen (secondary N) is 2. The lowest BCUT2D eigenvalue weighted by Gasteiger charge is -2.14. The highest BCUT2D eigenvalue weighted by Gasteiger charge is 2.06. The summed E-state index contributed by atoms with van der Waals surface area (Å²) in [5.74, 6) is 0.768. The number of hydrogen-bond donors (Lipinski definition) is 2. The largest absolute Gasteiger partial charge is 0.352 e. The Labute approximate surface area is 181 Å². The Morgan fingerprint density at radius 2 is 1.93 bits per heavy atom. The summed E-state index contributed by atoms with van der Waals surface area (Å²) in [5.41, 5.74) is 3.52. The van der Waals surface area contributed by atoms with Crippen LogP contribution in [-0.2, 0) is 26.1 Å². The van der Waals surface area contributed by atoms with Gasteiger partial charge in [0, 0.05) is 31.4 Å². The van der Waals surface area contributed by atoms with Crippen molar-refractivity contribution in [1.29, 1.82) is 0 Å². The zero-order valence-electron chi connectivity index (χ0n) is 15.6. The fourth-order valence-corrected chi connectivity index (χ4v) is 3.36. The molecular weight excluding hydrogens is 471 g/mol. The standard InChI is InChI=1S/C19H24N6S.HI/c1-3-18-24-17(14-26-18)12-22-19(20-2)21-11-15-7-4-5-8-16(15)13-25-10-6-9-23-25;/h4-10,14H,3,11-13H2,1-2H3,(H2,20,21,22);1H. The van der Waals surface area contributed by atoms with Gasteiger partial charge < -0.3 is 10.6 Å². The number of aryl methyl sites for hydroxylation is 1. The van der Waals surface area contributed by atoms with E-state index in [1.165, 1.54) is 11.1 Å². The third-order valence-corrected chi connectivity index (χ3v) is 5.06. The van der Waals surface area contributed by atoms with Gasteiger partial charge in [-0.25, -0.2) is 4.98 Å². The maximum absolute atomic E-state index is 4.57. The first-order valence-corrected chi connectivity index (χ1v) is 9.58. The monoisotopic (exact) mass is 496 g/mol. The number of halogens is 1. The smallest absolute Gasteiger partial charge is 0.191 e. The Balaban J connectivity index is 0.00000261. The van der Waals surface area contributed by atoms with Crippen molar-refractivity contribution in [3.63, 3.8) is 0 Å². The summed E-state index contributed by atoms with van der Waals surface area (Å²) in [6.07, 6.45) is 4.75. The fraction of sp³-hybridized carbons (Fsp3) is 0.316. The van der Waals surface area contributed by atoms with E-state index in [9.17, 15) is 0 Å². The van der Waals surface area contributed by atoms with Gasteiger partial charge in [-0.05, 0) is 23.6 Å². The molecule has 144 valence electrons.